The van der Waals surface area contributed by atoms with E-state index in [1.807, 2.05) is 0 Å². The molecule has 7 heteroatoms. The van der Waals surface area contributed by atoms with Gasteiger partial charge >= 0.3 is 0 Å². The first-order valence-electron chi connectivity index (χ1n) is 7.02. The summed E-state index contributed by atoms with van der Waals surface area (Å²) in [5.74, 6) is -0.191. The quantitative estimate of drug-likeness (QED) is 0.819. The van der Waals surface area contributed by atoms with Crippen molar-refractivity contribution in [2.75, 3.05) is 6.61 Å². The predicted molar refractivity (Wildman–Crippen MR) is 81.2 cm³/mol. The lowest BCUT2D eigenvalue weighted by atomic mass is 10.1. The van der Waals surface area contributed by atoms with Crippen LogP contribution in [0, 0.1) is 0 Å². The third-order valence-corrected chi connectivity index (χ3v) is 3.09. The maximum Gasteiger partial charge on any atom is 0.272 e. The van der Waals surface area contributed by atoms with Gasteiger partial charge in [0, 0.05) is 30.4 Å². The summed E-state index contributed by atoms with van der Waals surface area (Å²) in [6, 6.07) is 10.2. The number of aromatic nitrogens is 1. The van der Waals surface area contributed by atoms with Gasteiger partial charge in [-0.25, -0.2) is 13.8 Å². The lowest BCUT2D eigenvalue weighted by Crippen LogP contribution is -2.23. The first-order valence-corrected chi connectivity index (χ1v) is 7.02. The summed E-state index contributed by atoms with van der Waals surface area (Å²) in [5, 5.41) is 2.70. The van der Waals surface area contributed by atoms with Crippen LogP contribution in [0.3, 0.4) is 0 Å². The summed E-state index contributed by atoms with van der Waals surface area (Å²) in [5.41, 5.74) is 7.44. The Kier molecular flexibility index (Phi) is 5.99. The van der Waals surface area contributed by atoms with E-state index in [0.29, 0.717) is 17.7 Å². The van der Waals surface area contributed by atoms with Gasteiger partial charge in [0.15, 0.2) is 6.61 Å². The van der Waals surface area contributed by atoms with Gasteiger partial charge in [0.05, 0.1) is 0 Å². The molecule has 0 aliphatic carbocycles. The highest BCUT2D eigenvalue weighted by molar-refractivity contribution is 5.94. The normalized spacial score (nSPS) is 10.6. The maximum atomic E-state index is 12.2. The minimum Gasteiger partial charge on any atom is -0.471 e. The zero-order valence-electron chi connectivity index (χ0n) is 12.3. The monoisotopic (exact) mass is 321 g/mol. The molecule has 2 rings (SSSR count). The van der Waals surface area contributed by atoms with Crippen LogP contribution in [0.15, 0.2) is 42.6 Å². The van der Waals surface area contributed by atoms with Crippen molar-refractivity contribution < 1.29 is 18.3 Å². The number of hydrogen-bond donors (Lipinski definition) is 2. The Balaban J connectivity index is 1.98. The second kappa shape index (κ2) is 8.19. The molecule has 122 valence electrons. The molecule has 5 nitrogen and oxygen atoms in total. The second-order valence-electron chi connectivity index (χ2n) is 4.75. The molecule has 0 aliphatic heterocycles. The van der Waals surface area contributed by atoms with Gasteiger partial charge in [-0.05, 0) is 23.8 Å². The highest BCUT2D eigenvalue weighted by Gasteiger charge is 2.11. The molecule has 23 heavy (non-hydrogen) atoms. The predicted octanol–water partition coefficient (Wildman–Crippen LogP) is 2.11. The molecule has 1 aromatic heterocycles. The molecule has 2 aromatic rings. The summed E-state index contributed by atoms with van der Waals surface area (Å²) >= 11 is 0. The summed E-state index contributed by atoms with van der Waals surface area (Å²) < 4.78 is 29.4. The van der Waals surface area contributed by atoms with Crippen LogP contribution in [-0.2, 0) is 13.1 Å². The minimum absolute atomic E-state index is 0.0894. The van der Waals surface area contributed by atoms with E-state index in [0.717, 1.165) is 5.56 Å². The van der Waals surface area contributed by atoms with Crippen LogP contribution in [-0.4, -0.2) is 23.9 Å². The zero-order valence-corrected chi connectivity index (χ0v) is 12.3. The summed E-state index contributed by atoms with van der Waals surface area (Å²) in [6.07, 6.45) is -1.14. The lowest BCUT2D eigenvalue weighted by Gasteiger charge is -2.11. The van der Waals surface area contributed by atoms with Gasteiger partial charge in [0.1, 0.15) is 0 Å². The molecule has 0 aliphatic rings. The number of rotatable bonds is 7. The maximum absolute atomic E-state index is 12.2. The fraction of sp³-hybridized carbons (Fsp3) is 0.250. The Bertz CT molecular complexity index is 648. The van der Waals surface area contributed by atoms with Gasteiger partial charge in [0.2, 0.25) is 5.88 Å². The molecule has 1 heterocycles. The van der Waals surface area contributed by atoms with Crippen LogP contribution in [0.4, 0.5) is 8.78 Å². The van der Waals surface area contributed by atoms with Crippen molar-refractivity contribution in [2.45, 2.75) is 19.5 Å². The van der Waals surface area contributed by atoms with E-state index in [-0.39, 0.29) is 18.3 Å². The molecule has 1 aromatic carbocycles. The third kappa shape index (κ3) is 5.00. The van der Waals surface area contributed by atoms with Crippen molar-refractivity contribution in [1.82, 2.24) is 10.3 Å². The van der Waals surface area contributed by atoms with E-state index >= 15 is 0 Å². The van der Waals surface area contributed by atoms with E-state index < -0.39 is 13.0 Å². The number of alkyl halides is 2. The topological polar surface area (TPSA) is 77.2 Å². The Hall–Kier alpha value is -2.54. The van der Waals surface area contributed by atoms with Gasteiger partial charge in [-0.1, -0.05) is 18.2 Å². The number of ether oxygens (including phenoxy) is 1. The van der Waals surface area contributed by atoms with E-state index in [9.17, 15) is 13.6 Å². The van der Waals surface area contributed by atoms with Crippen molar-refractivity contribution in [2.24, 2.45) is 5.73 Å². The number of amides is 1. The molecule has 0 spiro atoms. The first-order chi connectivity index (χ1) is 11.1. The number of halogens is 2. The second-order valence-corrected chi connectivity index (χ2v) is 4.75. The van der Waals surface area contributed by atoms with Crippen molar-refractivity contribution in [1.29, 1.82) is 0 Å². The SMILES string of the molecule is NCc1ccc(C(=O)NCc2cccnc2OCC(F)F)cc1. The number of nitrogens with two attached hydrogens (primary N) is 1. The van der Waals surface area contributed by atoms with E-state index in [1.54, 1.807) is 36.4 Å². The van der Waals surface area contributed by atoms with Gasteiger partial charge in [-0.3, -0.25) is 4.79 Å². The highest BCUT2D eigenvalue weighted by atomic mass is 19.3. The van der Waals surface area contributed by atoms with Crippen molar-refractivity contribution in [3.8, 4) is 5.88 Å². The number of nitrogens with one attached hydrogen (secondary N) is 1. The van der Waals surface area contributed by atoms with E-state index in [2.05, 4.69) is 10.3 Å². The van der Waals surface area contributed by atoms with Crippen LogP contribution in [0.25, 0.3) is 0 Å². The minimum atomic E-state index is -2.58. The Morgan fingerprint density at radius 2 is 2.00 bits per heavy atom. The number of carbonyl (C=O) groups excluding carboxylic acids is 1. The molecule has 0 unspecified atom stereocenters. The van der Waals surface area contributed by atoms with Crippen LogP contribution in [0.1, 0.15) is 21.5 Å². The van der Waals surface area contributed by atoms with Gasteiger partial charge in [-0.15, -0.1) is 0 Å². The van der Waals surface area contributed by atoms with Crippen molar-refractivity contribution >= 4 is 5.91 Å². The molecule has 0 radical (unpaired) electrons. The number of hydrogen-bond acceptors (Lipinski definition) is 4. The highest BCUT2D eigenvalue weighted by Crippen LogP contribution is 2.15. The fourth-order valence-corrected chi connectivity index (χ4v) is 1.90. The number of carbonyl (C=O) groups is 1. The molecule has 1 amide bonds. The average Bonchev–Trinajstić information content (AvgIpc) is 2.58. The largest absolute Gasteiger partial charge is 0.471 e. The number of pyridine rings is 1. The van der Waals surface area contributed by atoms with Crippen molar-refractivity contribution in [3.63, 3.8) is 0 Å². The molecule has 0 atom stereocenters. The molecular formula is C16H17F2N3O2. The van der Waals surface area contributed by atoms with Gasteiger partial charge in [-0.2, -0.15) is 0 Å². The van der Waals surface area contributed by atoms with Crippen LogP contribution < -0.4 is 15.8 Å². The van der Waals surface area contributed by atoms with E-state index in [1.165, 1.54) is 6.20 Å². The van der Waals surface area contributed by atoms with Crippen LogP contribution >= 0.6 is 0 Å². The summed E-state index contributed by atoms with van der Waals surface area (Å²) in [4.78, 5) is 16.0. The molecular weight excluding hydrogens is 304 g/mol. The summed E-state index contributed by atoms with van der Waals surface area (Å²) in [7, 11) is 0. The lowest BCUT2D eigenvalue weighted by molar-refractivity contribution is 0.0787. The average molecular weight is 321 g/mol. The molecule has 0 bridgehead atoms. The van der Waals surface area contributed by atoms with E-state index in [4.69, 9.17) is 10.5 Å². The van der Waals surface area contributed by atoms with Gasteiger partial charge in [0.25, 0.3) is 12.3 Å². The standard InChI is InChI=1S/C16H17F2N3O2/c17-14(18)10-23-16-13(2-1-7-20-16)9-21-15(22)12-5-3-11(8-19)4-6-12/h1-7,14H,8-10,19H2,(H,21,22). The molecule has 0 fully saturated rings. The van der Waals surface area contributed by atoms with Crippen LogP contribution in [0.2, 0.25) is 0 Å². The summed E-state index contributed by atoms with van der Waals surface area (Å²) in [6.45, 7) is -0.204. The van der Waals surface area contributed by atoms with Crippen molar-refractivity contribution in [3.05, 3.63) is 59.3 Å². The molecule has 0 saturated carbocycles. The van der Waals surface area contributed by atoms with Crippen LogP contribution in [0.5, 0.6) is 5.88 Å². The first kappa shape index (κ1) is 16.8. The Labute approximate surface area is 132 Å². The smallest absolute Gasteiger partial charge is 0.272 e. The Morgan fingerprint density at radius 3 is 2.65 bits per heavy atom. The number of nitrogens with zero attached hydrogens (tertiary/aromatic N) is 1. The third-order valence-electron chi connectivity index (χ3n) is 3.09. The number of benzene rings is 1. The molecule has 3 N–H and O–H groups in total. The Morgan fingerprint density at radius 1 is 1.26 bits per heavy atom. The van der Waals surface area contributed by atoms with Gasteiger partial charge < -0.3 is 15.8 Å². The zero-order chi connectivity index (χ0) is 16.7. The molecule has 0 saturated heterocycles. The fourth-order valence-electron chi connectivity index (χ4n) is 1.90.